The molecular formula is C19H28N2O. The number of nitrogens with two attached hydrogens (primary N) is 1. The van der Waals surface area contributed by atoms with Gasteiger partial charge in [0.15, 0.2) is 0 Å². The maximum Gasteiger partial charge on any atom is 0.224 e. The molecular weight excluding hydrogens is 272 g/mol. The predicted molar refractivity (Wildman–Crippen MR) is 89.3 cm³/mol. The molecule has 1 atom stereocenters. The number of carbonyl (C=O) groups excluding carboxylic acids is 1. The van der Waals surface area contributed by atoms with Gasteiger partial charge in [0.1, 0.15) is 0 Å². The summed E-state index contributed by atoms with van der Waals surface area (Å²) >= 11 is 0. The Morgan fingerprint density at radius 2 is 1.77 bits per heavy atom. The van der Waals surface area contributed by atoms with Crippen LogP contribution in [0.25, 0.3) is 0 Å². The van der Waals surface area contributed by atoms with E-state index in [0.29, 0.717) is 18.4 Å². The van der Waals surface area contributed by atoms with Gasteiger partial charge in [-0.25, -0.2) is 0 Å². The van der Waals surface area contributed by atoms with Gasteiger partial charge in [0, 0.05) is 25.0 Å². The third-order valence-corrected chi connectivity index (χ3v) is 5.11. The first-order chi connectivity index (χ1) is 10.7. The van der Waals surface area contributed by atoms with Gasteiger partial charge in [-0.05, 0) is 37.2 Å². The number of benzene rings is 1. The highest BCUT2D eigenvalue weighted by atomic mass is 16.2. The molecule has 2 N–H and O–H groups in total. The third kappa shape index (κ3) is 4.10. The number of hydrogen-bond acceptors (Lipinski definition) is 2. The van der Waals surface area contributed by atoms with Crippen LogP contribution >= 0.6 is 0 Å². The Morgan fingerprint density at radius 3 is 2.41 bits per heavy atom. The molecule has 1 unspecified atom stereocenters. The van der Waals surface area contributed by atoms with Crippen LogP contribution in [0.2, 0.25) is 0 Å². The van der Waals surface area contributed by atoms with Crippen molar-refractivity contribution in [1.29, 1.82) is 0 Å². The van der Waals surface area contributed by atoms with Gasteiger partial charge in [0.25, 0.3) is 0 Å². The topological polar surface area (TPSA) is 46.3 Å². The second kappa shape index (κ2) is 7.28. The van der Waals surface area contributed by atoms with E-state index in [1.54, 1.807) is 0 Å². The Bertz CT molecular complexity index is 477. The molecule has 3 nitrogen and oxygen atoms in total. The van der Waals surface area contributed by atoms with E-state index in [-0.39, 0.29) is 11.9 Å². The van der Waals surface area contributed by atoms with Crippen molar-refractivity contribution in [1.82, 2.24) is 4.90 Å². The number of carbonyl (C=O) groups is 1. The molecule has 1 aromatic carbocycles. The Balaban J connectivity index is 1.57. The van der Waals surface area contributed by atoms with Crippen LogP contribution in [0.1, 0.15) is 63.0 Å². The van der Waals surface area contributed by atoms with E-state index in [2.05, 4.69) is 4.90 Å². The Kier molecular flexibility index (Phi) is 5.14. The summed E-state index contributed by atoms with van der Waals surface area (Å²) in [4.78, 5) is 14.9. The summed E-state index contributed by atoms with van der Waals surface area (Å²) in [7, 11) is 0. The van der Waals surface area contributed by atoms with Crippen LogP contribution in [0.15, 0.2) is 30.3 Å². The zero-order valence-electron chi connectivity index (χ0n) is 13.4. The van der Waals surface area contributed by atoms with Crippen molar-refractivity contribution in [2.75, 3.05) is 6.54 Å². The molecule has 1 amide bonds. The minimum absolute atomic E-state index is 0.179. The molecule has 0 radical (unpaired) electrons. The molecule has 0 aromatic heterocycles. The molecule has 0 aliphatic heterocycles. The van der Waals surface area contributed by atoms with Crippen molar-refractivity contribution in [3.05, 3.63) is 35.9 Å². The zero-order valence-corrected chi connectivity index (χ0v) is 13.4. The van der Waals surface area contributed by atoms with Crippen LogP contribution < -0.4 is 5.73 Å². The fourth-order valence-electron chi connectivity index (χ4n) is 3.61. The van der Waals surface area contributed by atoms with Gasteiger partial charge in [0.05, 0.1) is 0 Å². The Hall–Kier alpha value is -1.35. The van der Waals surface area contributed by atoms with E-state index < -0.39 is 0 Å². The maximum absolute atomic E-state index is 12.7. The summed E-state index contributed by atoms with van der Waals surface area (Å²) in [5, 5.41) is 0. The lowest BCUT2D eigenvalue weighted by atomic mass is 9.88. The highest BCUT2D eigenvalue weighted by Gasteiger charge is 2.34. The SMILES string of the molecule is NC(CC(=O)N(CC1CCCCC1)C1CC1)c1ccccc1. The average molecular weight is 300 g/mol. The van der Waals surface area contributed by atoms with Gasteiger partial charge < -0.3 is 10.6 Å². The molecule has 22 heavy (non-hydrogen) atoms. The summed E-state index contributed by atoms with van der Waals surface area (Å²) in [5.74, 6) is 0.968. The van der Waals surface area contributed by atoms with Crippen LogP contribution in [0.3, 0.4) is 0 Å². The first-order valence-corrected chi connectivity index (χ1v) is 8.84. The summed E-state index contributed by atoms with van der Waals surface area (Å²) in [5.41, 5.74) is 7.30. The molecule has 2 aliphatic carbocycles. The Morgan fingerprint density at radius 1 is 1.09 bits per heavy atom. The van der Waals surface area contributed by atoms with E-state index in [9.17, 15) is 4.79 Å². The largest absolute Gasteiger partial charge is 0.339 e. The molecule has 3 heteroatoms. The smallest absolute Gasteiger partial charge is 0.224 e. The minimum Gasteiger partial charge on any atom is -0.339 e. The zero-order chi connectivity index (χ0) is 15.4. The number of rotatable bonds is 6. The molecule has 0 saturated heterocycles. The van der Waals surface area contributed by atoms with Gasteiger partial charge in [-0.1, -0.05) is 49.6 Å². The summed E-state index contributed by atoms with van der Waals surface area (Å²) in [6.07, 6.45) is 9.42. The van der Waals surface area contributed by atoms with Crippen LogP contribution in [-0.4, -0.2) is 23.4 Å². The van der Waals surface area contributed by atoms with Gasteiger partial charge in [-0.3, -0.25) is 4.79 Å². The average Bonchev–Trinajstić information content (AvgIpc) is 3.39. The van der Waals surface area contributed by atoms with E-state index in [4.69, 9.17) is 5.73 Å². The first-order valence-electron chi connectivity index (χ1n) is 8.84. The standard InChI is InChI=1S/C19H28N2O/c20-18(16-9-5-2-6-10-16)13-19(22)21(17-11-12-17)14-15-7-3-1-4-8-15/h2,5-6,9-10,15,17-18H,1,3-4,7-8,11-14,20H2. The molecule has 2 fully saturated rings. The number of amides is 1. The fraction of sp³-hybridized carbons (Fsp3) is 0.632. The van der Waals surface area contributed by atoms with E-state index in [1.807, 2.05) is 30.3 Å². The lowest BCUT2D eigenvalue weighted by Gasteiger charge is -2.30. The van der Waals surface area contributed by atoms with Crippen molar-refractivity contribution in [2.45, 2.75) is 63.5 Å². The van der Waals surface area contributed by atoms with Gasteiger partial charge >= 0.3 is 0 Å². The van der Waals surface area contributed by atoms with Crippen LogP contribution in [0.5, 0.6) is 0 Å². The molecule has 2 aliphatic rings. The monoisotopic (exact) mass is 300 g/mol. The molecule has 0 bridgehead atoms. The lowest BCUT2D eigenvalue weighted by Crippen LogP contribution is -2.39. The van der Waals surface area contributed by atoms with Crippen molar-refractivity contribution in [3.8, 4) is 0 Å². The van der Waals surface area contributed by atoms with Crippen molar-refractivity contribution in [3.63, 3.8) is 0 Å². The van der Waals surface area contributed by atoms with E-state index in [1.165, 1.54) is 44.9 Å². The lowest BCUT2D eigenvalue weighted by molar-refractivity contribution is -0.133. The summed E-state index contributed by atoms with van der Waals surface area (Å²) in [6, 6.07) is 10.3. The predicted octanol–water partition coefficient (Wildman–Crippen LogP) is 3.65. The minimum atomic E-state index is -0.179. The van der Waals surface area contributed by atoms with Gasteiger partial charge in [-0.15, -0.1) is 0 Å². The van der Waals surface area contributed by atoms with E-state index >= 15 is 0 Å². The van der Waals surface area contributed by atoms with E-state index in [0.717, 1.165) is 12.1 Å². The number of hydrogen-bond donors (Lipinski definition) is 1. The summed E-state index contributed by atoms with van der Waals surface area (Å²) in [6.45, 7) is 0.963. The Labute approximate surface area is 133 Å². The van der Waals surface area contributed by atoms with Crippen LogP contribution in [0, 0.1) is 5.92 Å². The normalized spacial score (nSPS) is 20.6. The molecule has 120 valence electrons. The maximum atomic E-state index is 12.7. The molecule has 0 spiro atoms. The van der Waals surface area contributed by atoms with Crippen LogP contribution in [0.4, 0.5) is 0 Å². The molecule has 0 heterocycles. The third-order valence-electron chi connectivity index (χ3n) is 5.11. The highest BCUT2D eigenvalue weighted by molar-refractivity contribution is 5.77. The number of nitrogens with zero attached hydrogens (tertiary/aromatic N) is 1. The van der Waals surface area contributed by atoms with Crippen molar-refractivity contribution in [2.24, 2.45) is 11.7 Å². The highest BCUT2D eigenvalue weighted by Crippen LogP contribution is 2.32. The van der Waals surface area contributed by atoms with Gasteiger partial charge in [0.2, 0.25) is 5.91 Å². The first kappa shape index (κ1) is 15.5. The van der Waals surface area contributed by atoms with Crippen LogP contribution in [-0.2, 0) is 4.79 Å². The van der Waals surface area contributed by atoms with Crippen molar-refractivity contribution >= 4 is 5.91 Å². The second-order valence-corrected chi connectivity index (χ2v) is 7.00. The quantitative estimate of drug-likeness (QED) is 0.871. The van der Waals surface area contributed by atoms with Gasteiger partial charge in [-0.2, -0.15) is 0 Å². The molecule has 1 aromatic rings. The second-order valence-electron chi connectivity index (χ2n) is 7.00. The summed E-state index contributed by atoms with van der Waals surface area (Å²) < 4.78 is 0. The molecule has 3 rings (SSSR count). The van der Waals surface area contributed by atoms with Crippen molar-refractivity contribution < 1.29 is 4.79 Å². The fourth-order valence-corrected chi connectivity index (χ4v) is 3.61. The molecule has 2 saturated carbocycles.